The van der Waals surface area contributed by atoms with Crippen molar-refractivity contribution in [2.75, 3.05) is 39.2 Å². The molecule has 0 aliphatic carbocycles. The second-order valence-corrected chi connectivity index (χ2v) is 6.59. The molecule has 0 saturated heterocycles. The number of anilines is 2. The topological polar surface area (TPSA) is 117 Å². The fourth-order valence-electron chi connectivity index (χ4n) is 2.70. The number of nitrogens with two attached hydrogens (primary N) is 1. The lowest BCUT2D eigenvalue weighted by atomic mass is 10.1. The summed E-state index contributed by atoms with van der Waals surface area (Å²) < 4.78 is 22.1. The fraction of sp³-hybridized carbons (Fsp3) is 0.222. The normalized spacial score (nSPS) is 10.5. The second kappa shape index (κ2) is 8.19. The predicted molar refractivity (Wildman–Crippen MR) is 108 cm³/mol. The van der Waals surface area contributed by atoms with Gasteiger partial charge in [0.1, 0.15) is 11.3 Å². The molecule has 4 N–H and O–H groups in total. The zero-order valence-electron chi connectivity index (χ0n) is 15.8. The summed E-state index contributed by atoms with van der Waals surface area (Å²) in [6, 6.07) is 6.65. The Hall–Kier alpha value is -3.24. The van der Waals surface area contributed by atoms with Crippen LogP contribution in [0.5, 0.6) is 23.0 Å². The van der Waals surface area contributed by atoms with E-state index < -0.39 is 0 Å². The molecule has 0 bridgehead atoms. The molecule has 9 nitrogen and oxygen atoms in total. The van der Waals surface area contributed by atoms with Gasteiger partial charge in [-0.05, 0) is 18.2 Å². The van der Waals surface area contributed by atoms with Gasteiger partial charge in [0.2, 0.25) is 5.75 Å². The van der Waals surface area contributed by atoms with Crippen LogP contribution < -0.4 is 35.5 Å². The maximum atomic E-state index is 12.8. The van der Waals surface area contributed by atoms with Gasteiger partial charge in [0.25, 0.3) is 5.91 Å². The minimum absolute atomic E-state index is 0.345. The van der Waals surface area contributed by atoms with Crippen molar-refractivity contribution in [2.45, 2.75) is 0 Å². The van der Waals surface area contributed by atoms with Gasteiger partial charge in [0.05, 0.1) is 33.1 Å². The van der Waals surface area contributed by atoms with Crippen molar-refractivity contribution in [2.24, 2.45) is 5.84 Å². The van der Waals surface area contributed by atoms with Crippen LogP contribution in [0.3, 0.4) is 0 Å². The van der Waals surface area contributed by atoms with Crippen molar-refractivity contribution in [1.29, 1.82) is 0 Å². The third-order valence-corrected chi connectivity index (χ3v) is 4.92. The molecule has 3 aromatic rings. The second-order valence-electron chi connectivity index (χ2n) is 5.56. The number of carbonyl (C=O) groups excluding carboxylic acids is 1. The Kier molecular flexibility index (Phi) is 5.71. The molecule has 0 fully saturated rings. The maximum absolute atomic E-state index is 12.8. The molecule has 1 amide bonds. The molecular weight excluding hydrogens is 384 g/mol. The lowest BCUT2D eigenvalue weighted by Crippen LogP contribution is -2.12. The Morgan fingerprint density at radius 3 is 2.14 bits per heavy atom. The summed E-state index contributed by atoms with van der Waals surface area (Å²) in [6.45, 7) is 0. The number of methoxy groups -OCH3 is 4. The predicted octanol–water partition coefficient (Wildman–Crippen LogP) is 2.87. The van der Waals surface area contributed by atoms with Gasteiger partial charge in [0.15, 0.2) is 16.6 Å². The fourth-order valence-corrected chi connectivity index (χ4v) is 3.54. The van der Waals surface area contributed by atoms with E-state index in [9.17, 15) is 4.79 Å². The summed E-state index contributed by atoms with van der Waals surface area (Å²) in [5, 5.41) is 3.39. The number of hydrazine groups is 1. The molecule has 0 spiro atoms. The van der Waals surface area contributed by atoms with Gasteiger partial charge in [-0.3, -0.25) is 10.2 Å². The van der Waals surface area contributed by atoms with Gasteiger partial charge in [-0.25, -0.2) is 10.8 Å². The van der Waals surface area contributed by atoms with Gasteiger partial charge in [-0.15, -0.1) is 0 Å². The number of rotatable bonds is 7. The zero-order valence-corrected chi connectivity index (χ0v) is 16.6. The largest absolute Gasteiger partial charge is 0.494 e. The number of nitrogens with one attached hydrogen (secondary N) is 2. The number of hydrogen-bond donors (Lipinski definition) is 3. The molecule has 148 valence electrons. The van der Waals surface area contributed by atoms with Crippen molar-refractivity contribution in [3.63, 3.8) is 0 Å². The van der Waals surface area contributed by atoms with E-state index in [1.807, 2.05) is 0 Å². The molecular formula is C18H20N4O5S. The van der Waals surface area contributed by atoms with E-state index in [1.165, 1.54) is 39.8 Å². The standard InChI is InChI=1S/C18H20N4O5S/c1-24-11-7-10(8-14-15(11)21-18(22-19)28-14)20-17(23)9-5-12(25-2)16(27-4)13(6-9)26-3/h5-8H,19H2,1-4H3,(H,20,23)(H,21,22). The number of amides is 1. The van der Waals surface area contributed by atoms with Crippen molar-refractivity contribution in [3.05, 3.63) is 29.8 Å². The van der Waals surface area contributed by atoms with E-state index in [-0.39, 0.29) is 5.91 Å². The molecule has 0 unspecified atom stereocenters. The van der Waals surface area contributed by atoms with E-state index in [2.05, 4.69) is 15.7 Å². The number of hydrogen-bond acceptors (Lipinski definition) is 9. The van der Waals surface area contributed by atoms with E-state index in [0.717, 1.165) is 4.70 Å². The molecule has 28 heavy (non-hydrogen) atoms. The van der Waals surface area contributed by atoms with Crippen LogP contribution in [-0.2, 0) is 0 Å². The van der Waals surface area contributed by atoms with Crippen LogP contribution in [0.1, 0.15) is 10.4 Å². The van der Waals surface area contributed by atoms with Crippen LogP contribution in [0.15, 0.2) is 24.3 Å². The minimum Gasteiger partial charge on any atom is -0.494 e. The first-order valence-corrected chi connectivity index (χ1v) is 8.92. The summed E-state index contributed by atoms with van der Waals surface area (Å²) in [5.41, 5.74) is 4.07. The monoisotopic (exact) mass is 404 g/mol. The van der Waals surface area contributed by atoms with Crippen LogP contribution in [0.4, 0.5) is 10.8 Å². The van der Waals surface area contributed by atoms with E-state index in [0.29, 0.717) is 44.9 Å². The molecule has 0 aliphatic rings. The van der Waals surface area contributed by atoms with Gasteiger partial charge >= 0.3 is 0 Å². The lowest BCUT2D eigenvalue weighted by molar-refractivity contribution is 0.102. The van der Waals surface area contributed by atoms with E-state index in [1.54, 1.807) is 24.3 Å². The van der Waals surface area contributed by atoms with Crippen LogP contribution in [0.2, 0.25) is 0 Å². The number of thiazole rings is 1. The first kappa shape index (κ1) is 19.5. The van der Waals surface area contributed by atoms with Gasteiger partial charge in [-0.1, -0.05) is 11.3 Å². The highest BCUT2D eigenvalue weighted by Gasteiger charge is 2.18. The lowest BCUT2D eigenvalue weighted by Gasteiger charge is -2.14. The number of fused-ring (bicyclic) bond motifs is 1. The maximum Gasteiger partial charge on any atom is 0.255 e. The van der Waals surface area contributed by atoms with Crippen molar-refractivity contribution in [3.8, 4) is 23.0 Å². The minimum atomic E-state index is -0.345. The molecule has 0 saturated carbocycles. The summed E-state index contributed by atoms with van der Waals surface area (Å²) in [7, 11) is 6.02. The summed E-state index contributed by atoms with van der Waals surface area (Å²) >= 11 is 1.35. The third kappa shape index (κ3) is 3.59. The molecule has 1 heterocycles. The molecule has 2 aromatic carbocycles. The summed E-state index contributed by atoms with van der Waals surface area (Å²) in [4.78, 5) is 17.1. The Labute approximate surface area is 165 Å². The number of nitrogen functional groups attached to an aromatic ring is 1. The van der Waals surface area contributed by atoms with E-state index >= 15 is 0 Å². The summed E-state index contributed by atoms with van der Waals surface area (Å²) in [6.07, 6.45) is 0. The van der Waals surface area contributed by atoms with Crippen LogP contribution in [0.25, 0.3) is 10.2 Å². The zero-order chi connectivity index (χ0) is 20.3. The van der Waals surface area contributed by atoms with Crippen LogP contribution in [-0.4, -0.2) is 39.3 Å². The molecule has 10 heteroatoms. The van der Waals surface area contributed by atoms with Crippen molar-refractivity contribution < 1.29 is 23.7 Å². The molecule has 1 aromatic heterocycles. The smallest absolute Gasteiger partial charge is 0.255 e. The van der Waals surface area contributed by atoms with Crippen LogP contribution >= 0.6 is 11.3 Å². The highest BCUT2D eigenvalue weighted by Crippen LogP contribution is 2.39. The number of carbonyl (C=O) groups is 1. The molecule has 0 atom stereocenters. The van der Waals surface area contributed by atoms with Gasteiger partial charge in [-0.2, -0.15) is 0 Å². The number of ether oxygens (including phenoxy) is 4. The number of aromatic nitrogens is 1. The first-order valence-electron chi connectivity index (χ1n) is 8.11. The molecule has 0 radical (unpaired) electrons. The first-order chi connectivity index (χ1) is 13.5. The van der Waals surface area contributed by atoms with Gasteiger partial charge in [0, 0.05) is 17.3 Å². The molecule has 0 aliphatic heterocycles. The Morgan fingerprint density at radius 2 is 1.61 bits per heavy atom. The highest BCUT2D eigenvalue weighted by atomic mass is 32.1. The summed E-state index contributed by atoms with van der Waals surface area (Å²) in [5.74, 6) is 6.80. The van der Waals surface area contributed by atoms with Gasteiger partial charge < -0.3 is 24.3 Å². The molecule has 3 rings (SSSR count). The Bertz CT molecular complexity index is 996. The Balaban J connectivity index is 1.96. The number of nitrogens with zero attached hydrogens (tertiary/aromatic N) is 1. The van der Waals surface area contributed by atoms with Crippen molar-refractivity contribution >= 4 is 38.3 Å². The average Bonchev–Trinajstić information content (AvgIpc) is 3.15. The SMILES string of the molecule is COc1cc(C(=O)Nc2cc(OC)c3nc(NN)sc3c2)cc(OC)c1OC. The third-order valence-electron chi connectivity index (χ3n) is 3.99. The van der Waals surface area contributed by atoms with Crippen LogP contribution in [0, 0.1) is 0 Å². The Morgan fingerprint density at radius 1 is 0.964 bits per heavy atom. The quantitative estimate of drug-likeness (QED) is 0.406. The number of benzene rings is 2. The van der Waals surface area contributed by atoms with E-state index in [4.69, 9.17) is 24.8 Å². The highest BCUT2D eigenvalue weighted by molar-refractivity contribution is 7.22. The average molecular weight is 404 g/mol. The van der Waals surface area contributed by atoms with Crippen molar-refractivity contribution in [1.82, 2.24) is 4.98 Å².